The molecular formula is C10H15NO3S. The van der Waals surface area contributed by atoms with Crippen molar-refractivity contribution in [3.63, 3.8) is 0 Å². The lowest BCUT2D eigenvalue weighted by Gasteiger charge is -2.10. The van der Waals surface area contributed by atoms with Crippen LogP contribution in [0.2, 0.25) is 0 Å². The minimum absolute atomic E-state index is 0.136. The number of aromatic carboxylic acids is 1. The molecular weight excluding hydrogens is 214 g/mol. The maximum Gasteiger partial charge on any atom is 0.346 e. The van der Waals surface area contributed by atoms with Gasteiger partial charge in [-0.1, -0.05) is 0 Å². The Bertz CT molecular complexity index is 324. The number of methoxy groups -OCH3 is 1. The number of ether oxygens (including phenoxy) is 1. The van der Waals surface area contributed by atoms with Crippen molar-refractivity contribution >= 4 is 17.3 Å². The average molecular weight is 229 g/mol. The van der Waals surface area contributed by atoms with Crippen molar-refractivity contribution in [3.8, 4) is 0 Å². The SMILES string of the molecule is COC(C)CNCc1ccsc1C(=O)O. The van der Waals surface area contributed by atoms with E-state index in [0.29, 0.717) is 18.0 Å². The summed E-state index contributed by atoms with van der Waals surface area (Å²) in [6.45, 7) is 3.24. The Morgan fingerprint density at radius 3 is 3.07 bits per heavy atom. The summed E-state index contributed by atoms with van der Waals surface area (Å²) in [6.07, 6.45) is 0.136. The molecule has 1 unspecified atom stereocenters. The maximum absolute atomic E-state index is 10.8. The van der Waals surface area contributed by atoms with E-state index in [1.54, 1.807) is 12.5 Å². The van der Waals surface area contributed by atoms with Gasteiger partial charge in [-0.05, 0) is 23.9 Å². The van der Waals surface area contributed by atoms with Crippen LogP contribution < -0.4 is 5.32 Å². The molecule has 84 valence electrons. The third-order valence-corrected chi connectivity index (χ3v) is 3.04. The summed E-state index contributed by atoms with van der Waals surface area (Å²) in [7, 11) is 1.65. The zero-order valence-corrected chi connectivity index (χ0v) is 9.63. The minimum atomic E-state index is -0.860. The molecule has 0 bridgehead atoms. The molecule has 0 aliphatic heterocycles. The Hall–Kier alpha value is -0.910. The lowest BCUT2D eigenvalue weighted by Crippen LogP contribution is -2.25. The van der Waals surface area contributed by atoms with E-state index in [-0.39, 0.29) is 6.10 Å². The van der Waals surface area contributed by atoms with Crippen LogP contribution in [0.15, 0.2) is 11.4 Å². The molecule has 0 aliphatic rings. The van der Waals surface area contributed by atoms with Crippen LogP contribution in [0.25, 0.3) is 0 Å². The van der Waals surface area contributed by atoms with Gasteiger partial charge in [0.15, 0.2) is 0 Å². The van der Waals surface area contributed by atoms with Crippen molar-refractivity contribution in [3.05, 3.63) is 21.9 Å². The first-order valence-electron chi connectivity index (χ1n) is 4.68. The van der Waals surface area contributed by atoms with Crippen LogP contribution in [0.4, 0.5) is 0 Å². The molecule has 0 radical (unpaired) electrons. The van der Waals surface area contributed by atoms with E-state index < -0.39 is 5.97 Å². The van der Waals surface area contributed by atoms with Gasteiger partial charge < -0.3 is 15.2 Å². The number of carbonyl (C=O) groups is 1. The third kappa shape index (κ3) is 3.62. The summed E-state index contributed by atoms with van der Waals surface area (Å²) in [5.74, 6) is -0.860. The number of thiophene rings is 1. The largest absolute Gasteiger partial charge is 0.477 e. The molecule has 0 saturated heterocycles. The van der Waals surface area contributed by atoms with Crippen LogP contribution in [0.1, 0.15) is 22.2 Å². The van der Waals surface area contributed by atoms with Crippen LogP contribution in [0.3, 0.4) is 0 Å². The summed E-state index contributed by atoms with van der Waals surface area (Å²) < 4.78 is 5.07. The average Bonchev–Trinajstić information content (AvgIpc) is 2.65. The number of hydrogen-bond donors (Lipinski definition) is 2. The van der Waals surface area contributed by atoms with Gasteiger partial charge in [0.05, 0.1) is 6.10 Å². The Morgan fingerprint density at radius 1 is 1.73 bits per heavy atom. The first-order chi connectivity index (χ1) is 7.15. The van der Waals surface area contributed by atoms with Gasteiger partial charge >= 0.3 is 5.97 Å². The smallest absolute Gasteiger partial charge is 0.346 e. The minimum Gasteiger partial charge on any atom is -0.477 e. The fraction of sp³-hybridized carbons (Fsp3) is 0.500. The lowest BCUT2D eigenvalue weighted by atomic mass is 10.2. The first kappa shape index (κ1) is 12.2. The zero-order valence-electron chi connectivity index (χ0n) is 8.82. The Kier molecular flexibility index (Phi) is 4.74. The monoisotopic (exact) mass is 229 g/mol. The number of carboxylic acid groups (broad SMARTS) is 1. The maximum atomic E-state index is 10.8. The number of nitrogens with one attached hydrogen (secondary N) is 1. The number of hydrogen-bond acceptors (Lipinski definition) is 4. The Balaban J connectivity index is 2.44. The highest BCUT2D eigenvalue weighted by Crippen LogP contribution is 2.16. The van der Waals surface area contributed by atoms with E-state index in [0.717, 1.165) is 5.56 Å². The van der Waals surface area contributed by atoms with Gasteiger partial charge in [0.25, 0.3) is 0 Å². The molecule has 5 heteroatoms. The predicted molar refractivity (Wildman–Crippen MR) is 59.5 cm³/mol. The summed E-state index contributed by atoms with van der Waals surface area (Å²) in [4.78, 5) is 11.2. The molecule has 1 atom stereocenters. The fourth-order valence-electron chi connectivity index (χ4n) is 1.16. The van der Waals surface area contributed by atoms with Gasteiger partial charge in [-0.2, -0.15) is 0 Å². The van der Waals surface area contributed by atoms with Crippen molar-refractivity contribution in [1.82, 2.24) is 5.32 Å². The van der Waals surface area contributed by atoms with Crippen LogP contribution >= 0.6 is 11.3 Å². The van der Waals surface area contributed by atoms with Crippen molar-refractivity contribution in [2.45, 2.75) is 19.6 Å². The van der Waals surface area contributed by atoms with Gasteiger partial charge in [-0.3, -0.25) is 0 Å². The fourth-order valence-corrected chi connectivity index (χ4v) is 1.92. The molecule has 2 N–H and O–H groups in total. The van der Waals surface area contributed by atoms with Crippen LogP contribution in [-0.2, 0) is 11.3 Å². The normalized spacial score (nSPS) is 12.7. The van der Waals surface area contributed by atoms with Crippen molar-refractivity contribution < 1.29 is 14.6 Å². The van der Waals surface area contributed by atoms with Gasteiger partial charge in [0.1, 0.15) is 4.88 Å². The molecule has 1 rings (SSSR count). The molecule has 1 heterocycles. The van der Waals surface area contributed by atoms with E-state index in [2.05, 4.69) is 5.32 Å². The molecule has 0 amide bonds. The molecule has 0 aliphatic carbocycles. The first-order valence-corrected chi connectivity index (χ1v) is 5.56. The lowest BCUT2D eigenvalue weighted by molar-refractivity contribution is 0.0701. The van der Waals surface area contributed by atoms with Crippen LogP contribution in [0, 0.1) is 0 Å². The highest BCUT2D eigenvalue weighted by atomic mass is 32.1. The van der Waals surface area contributed by atoms with Gasteiger partial charge in [0.2, 0.25) is 0 Å². The summed E-state index contributed by atoms with van der Waals surface area (Å²) >= 11 is 1.25. The molecule has 0 spiro atoms. The Morgan fingerprint density at radius 2 is 2.47 bits per heavy atom. The quantitative estimate of drug-likeness (QED) is 0.777. The van der Waals surface area contributed by atoms with Crippen molar-refractivity contribution in [2.24, 2.45) is 0 Å². The predicted octanol–water partition coefficient (Wildman–Crippen LogP) is 1.57. The van der Waals surface area contributed by atoms with Gasteiger partial charge in [-0.25, -0.2) is 4.79 Å². The van der Waals surface area contributed by atoms with Crippen LogP contribution in [0.5, 0.6) is 0 Å². The van der Waals surface area contributed by atoms with E-state index in [1.165, 1.54) is 11.3 Å². The zero-order chi connectivity index (χ0) is 11.3. The third-order valence-electron chi connectivity index (χ3n) is 2.09. The van der Waals surface area contributed by atoms with E-state index in [4.69, 9.17) is 9.84 Å². The highest BCUT2D eigenvalue weighted by Gasteiger charge is 2.11. The number of rotatable bonds is 6. The molecule has 0 fully saturated rings. The topological polar surface area (TPSA) is 58.6 Å². The van der Waals surface area contributed by atoms with Gasteiger partial charge in [-0.15, -0.1) is 11.3 Å². The molecule has 0 aromatic carbocycles. The molecule has 0 saturated carbocycles. The number of carboxylic acids is 1. The second kappa shape index (κ2) is 5.85. The second-order valence-corrected chi connectivity index (χ2v) is 4.17. The second-order valence-electron chi connectivity index (χ2n) is 3.26. The highest BCUT2D eigenvalue weighted by molar-refractivity contribution is 7.12. The summed E-state index contributed by atoms with van der Waals surface area (Å²) in [5.41, 5.74) is 0.829. The van der Waals surface area contributed by atoms with E-state index in [9.17, 15) is 4.79 Å². The molecule has 15 heavy (non-hydrogen) atoms. The van der Waals surface area contributed by atoms with Gasteiger partial charge in [0, 0.05) is 20.2 Å². The summed E-state index contributed by atoms with van der Waals surface area (Å²) in [6, 6.07) is 1.83. The molecule has 1 aromatic rings. The van der Waals surface area contributed by atoms with E-state index in [1.807, 2.05) is 13.0 Å². The standard InChI is InChI=1S/C10H15NO3S/c1-7(14-2)5-11-6-8-3-4-15-9(8)10(12)13/h3-4,7,11H,5-6H2,1-2H3,(H,12,13). The van der Waals surface area contributed by atoms with Crippen LogP contribution in [-0.4, -0.2) is 30.8 Å². The molecule has 1 aromatic heterocycles. The summed E-state index contributed by atoms with van der Waals surface area (Å²) in [5, 5.41) is 13.8. The Labute approximate surface area is 92.9 Å². The van der Waals surface area contributed by atoms with Crippen molar-refractivity contribution in [1.29, 1.82) is 0 Å². The molecule has 4 nitrogen and oxygen atoms in total. The van der Waals surface area contributed by atoms with E-state index >= 15 is 0 Å². The van der Waals surface area contributed by atoms with Crippen molar-refractivity contribution in [2.75, 3.05) is 13.7 Å².